The van der Waals surface area contributed by atoms with Crippen LogP contribution in [-0.4, -0.2) is 65.3 Å². The van der Waals surface area contributed by atoms with E-state index < -0.39 is 0 Å². The standard InChI is InChI=1S/C24H36N6O2/c1-4-6-17-13-19(14-21-20(17)15-22(27-21)24(32)28(2)3)18-7-5-10-29(16-18)23(31)8-11-30(26)12-9-25/h9,12-15,18,27H,4-8,10-11,16,25-26H2,1-3H3/b12-9-. The number of nitrogens with zero attached hydrogens (tertiary/aromatic N) is 3. The first-order valence-electron chi connectivity index (χ1n) is 11.4. The highest BCUT2D eigenvalue weighted by molar-refractivity contribution is 5.98. The normalized spacial score (nSPS) is 16.6. The Morgan fingerprint density at radius 2 is 2.06 bits per heavy atom. The van der Waals surface area contributed by atoms with E-state index in [0.717, 1.165) is 43.1 Å². The highest BCUT2D eigenvalue weighted by atomic mass is 16.2. The molecule has 0 spiro atoms. The van der Waals surface area contributed by atoms with Crippen molar-refractivity contribution in [1.29, 1.82) is 0 Å². The Balaban J connectivity index is 1.81. The number of hydrogen-bond acceptors (Lipinski definition) is 5. The van der Waals surface area contributed by atoms with Gasteiger partial charge in [-0.05, 0) is 42.5 Å². The molecular formula is C24H36N6O2. The van der Waals surface area contributed by atoms with Gasteiger partial charge in [0.05, 0.1) is 0 Å². The minimum absolute atomic E-state index is 0.0296. The van der Waals surface area contributed by atoms with Crippen LogP contribution < -0.4 is 11.6 Å². The third-order valence-corrected chi connectivity index (χ3v) is 6.11. The molecule has 1 aromatic heterocycles. The van der Waals surface area contributed by atoms with Crippen molar-refractivity contribution in [1.82, 2.24) is 19.8 Å². The molecule has 2 aromatic rings. The van der Waals surface area contributed by atoms with Crippen LogP contribution in [0.25, 0.3) is 10.9 Å². The predicted octanol–water partition coefficient (Wildman–Crippen LogP) is 2.52. The van der Waals surface area contributed by atoms with Gasteiger partial charge in [0.2, 0.25) is 5.91 Å². The van der Waals surface area contributed by atoms with Gasteiger partial charge in [-0.15, -0.1) is 0 Å². The SMILES string of the molecule is CCCc1cc(C2CCCN(C(=O)CCN(N)/C=C\N)C2)cc2[nH]c(C(=O)N(C)C)cc12. The van der Waals surface area contributed by atoms with Gasteiger partial charge < -0.3 is 25.5 Å². The molecule has 1 aromatic carbocycles. The second kappa shape index (κ2) is 10.5. The Kier molecular flexibility index (Phi) is 7.80. The van der Waals surface area contributed by atoms with Crippen LogP contribution in [0, 0.1) is 0 Å². The molecular weight excluding hydrogens is 404 g/mol. The lowest BCUT2D eigenvalue weighted by molar-refractivity contribution is -0.132. The molecule has 1 saturated heterocycles. The van der Waals surface area contributed by atoms with Gasteiger partial charge in [0.25, 0.3) is 5.91 Å². The molecule has 1 atom stereocenters. The van der Waals surface area contributed by atoms with E-state index in [1.165, 1.54) is 22.3 Å². The van der Waals surface area contributed by atoms with Crippen LogP contribution in [0.1, 0.15) is 60.1 Å². The van der Waals surface area contributed by atoms with Gasteiger partial charge in [-0.1, -0.05) is 19.4 Å². The van der Waals surface area contributed by atoms with Crippen molar-refractivity contribution >= 4 is 22.7 Å². The maximum Gasteiger partial charge on any atom is 0.269 e. The summed E-state index contributed by atoms with van der Waals surface area (Å²) in [6.07, 6.45) is 7.29. The number of hydrogen-bond donors (Lipinski definition) is 3. The van der Waals surface area contributed by atoms with Crippen LogP contribution in [0.3, 0.4) is 0 Å². The number of carbonyl (C=O) groups excluding carboxylic acids is 2. The molecule has 8 heteroatoms. The van der Waals surface area contributed by atoms with Crippen LogP contribution in [0.2, 0.25) is 0 Å². The number of piperidine rings is 1. The molecule has 32 heavy (non-hydrogen) atoms. The highest BCUT2D eigenvalue weighted by Crippen LogP contribution is 2.32. The van der Waals surface area contributed by atoms with E-state index in [1.54, 1.807) is 25.2 Å². The Bertz CT molecular complexity index is 980. The number of nitrogens with one attached hydrogen (secondary N) is 1. The number of hydrazine groups is 1. The number of aromatic nitrogens is 1. The fraction of sp³-hybridized carbons (Fsp3) is 0.500. The fourth-order valence-corrected chi connectivity index (χ4v) is 4.45. The zero-order valence-electron chi connectivity index (χ0n) is 19.4. The average molecular weight is 441 g/mol. The topological polar surface area (TPSA) is 112 Å². The van der Waals surface area contributed by atoms with E-state index in [-0.39, 0.29) is 17.7 Å². The Morgan fingerprint density at radius 1 is 1.28 bits per heavy atom. The summed E-state index contributed by atoms with van der Waals surface area (Å²) in [7, 11) is 3.52. The molecule has 2 heterocycles. The lowest BCUT2D eigenvalue weighted by Crippen LogP contribution is -2.40. The molecule has 2 amide bonds. The molecule has 1 fully saturated rings. The van der Waals surface area contributed by atoms with Gasteiger partial charge in [0.1, 0.15) is 5.69 Å². The van der Waals surface area contributed by atoms with Gasteiger partial charge in [0, 0.05) is 69.4 Å². The van der Waals surface area contributed by atoms with Gasteiger partial charge in [0.15, 0.2) is 0 Å². The van der Waals surface area contributed by atoms with E-state index in [9.17, 15) is 9.59 Å². The summed E-state index contributed by atoms with van der Waals surface area (Å²) in [6, 6.07) is 6.40. The summed E-state index contributed by atoms with van der Waals surface area (Å²) in [4.78, 5) is 32.1. The van der Waals surface area contributed by atoms with Gasteiger partial charge in [-0.25, -0.2) is 5.84 Å². The number of aryl methyl sites for hydroxylation is 1. The zero-order valence-corrected chi connectivity index (χ0v) is 19.4. The number of nitrogens with two attached hydrogens (primary N) is 2. The first-order valence-corrected chi connectivity index (χ1v) is 11.4. The smallest absolute Gasteiger partial charge is 0.269 e. The number of likely N-dealkylation sites (tertiary alicyclic amines) is 1. The third-order valence-electron chi connectivity index (χ3n) is 6.11. The number of fused-ring (bicyclic) bond motifs is 1. The Morgan fingerprint density at radius 3 is 2.75 bits per heavy atom. The van der Waals surface area contributed by atoms with Crippen molar-refractivity contribution in [2.75, 3.05) is 33.7 Å². The largest absolute Gasteiger partial charge is 0.403 e. The molecule has 3 rings (SSSR count). The van der Waals surface area contributed by atoms with Crippen LogP contribution in [-0.2, 0) is 11.2 Å². The maximum absolute atomic E-state index is 12.7. The minimum Gasteiger partial charge on any atom is -0.403 e. The van der Waals surface area contributed by atoms with Crippen molar-refractivity contribution in [2.24, 2.45) is 11.6 Å². The van der Waals surface area contributed by atoms with E-state index in [2.05, 4.69) is 24.0 Å². The van der Waals surface area contributed by atoms with Gasteiger partial charge >= 0.3 is 0 Å². The Labute approximate surface area is 190 Å². The molecule has 8 nitrogen and oxygen atoms in total. The van der Waals surface area contributed by atoms with Crippen molar-refractivity contribution in [3.8, 4) is 0 Å². The monoisotopic (exact) mass is 440 g/mol. The average Bonchev–Trinajstić information content (AvgIpc) is 3.21. The molecule has 0 bridgehead atoms. The molecule has 0 aliphatic carbocycles. The maximum atomic E-state index is 12.7. The zero-order chi connectivity index (χ0) is 23.3. The van der Waals surface area contributed by atoms with Crippen molar-refractivity contribution < 1.29 is 9.59 Å². The summed E-state index contributed by atoms with van der Waals surface area (Å²) in [5.41, 5.74) is 9.43. The molecule has 1 unspecified atom stereocenters. The third kappa shape index (κ3) is 5.43. The first kappa shape index (κ1) is 23.7. The molecule has 5 N–H and O–H groups in total. The van der Waals surface area contributed by atoms with E-state index in [0.29, 0.717) is 25.2 Å². The summed E-state index contributed by atoms with van der Waals surface area (Å²) in [6.45, 7) is 4.09. The van der Waals surface area contributed by atoms with E-state index in [1.807, 2.05) is 11.0 Å². The predicted molar refractivity (Wildman–Crippen MR) is 128 cm³/mol. The van der Waals surface area contributed by atoms with Crippen molar-refractivity contribution in [3.63, 3.8) is 0 Å². The number of benzene rings is 1. The summed E-state index contributed by atoms with van der Waals surface area (Å²) < 4.78 is 0. The van der Waals surface area contributed by atoms with Crippen LogP contribution in [0.4, 0.5) is 0 Å². The van der Waals surface area contributed by atoms with Gasteiger partial charge in [-0.2, -0.15) is 0 Å². The number of rotatable bonds is 8. The second-order valence-electron chi connectivity index (χ2n) is 8.78. The molecule has 0 radical (unpaired) electrons. The Hall–Kier alpha value is -3.00. The minimum atomic E-state index is -0.0296. The first-order chi connectivity index (χ1) is 15.3. The summed E-state index contributed by atoms with van der Waals surface area (Å²) >= 11 is 0. The van der Waals surface area contributed by atoms with Crippen LogP contribution in [0.5, 0.6) is 0 Å². The molecule has 174 valence electrons. The second-order valence-corrected chi connectivity index (χ2v) is 8.78. The summed E-state index contributed by atoms with van der Waals surface area (Å²) in [5, 5.41) is 2.54. The van der Waals surface area contributed by atoms with E-state index >= 15 is 0 Å². The van der Waals surface area contributed by atoms with Crippen molar-refractivity contribution in [3.05, 3.63) is 47.4 Å². The summed E-state index contributed by atoms with van der Waals surface area (Å²) in [5.74, 6) is 6.15. The molecule has 1 aliphatic heterocycles. The lowest BCUT2D eigenvalue weighted by atomic mass is 9.88. The molecule has 0 saturated carbocycles. The molecule has 1 aliphatic rings. The highest BCUT2D eigenvalue weighted by Gasteiger charge is 2.26. The van der Waals surface area contributed by atoms with E-state index in [4.69, 9.17) is 11.6 Å². The number of aromatic amines is 1. The lowest BCUT2D eigenvalue weighted by Gasteiger charge is -2.33. The van der Waals surface area contributed by atoms with Crippen LogP contribution in [0.15, 0.2) is 30.6 Å². The number of carbonyl (C=O) groups is 2. The quantitative estimate of drug-likeness (QED) is 0.431. The fourth-order valence-electron chi connectivity index (χ4n) is 4.45. The van der Waals surface area contributed by atoms with Crippen molar-refractivity contribution in [2.45, 2.75) is 44.9 Å². The van der Waals surface area contributed by atoms with Crippen LogP contribution >= 0.6 is 0 Å². The number of H-pyrrole nitrogens is 1. The van der Waals surface area contributed by atoms with Gasteiger partial charge in [-0.3, -0.25) is 9.59 Å². The number of amides is 2.